The highest BCUT2D eigenvalue weighted by Crippen LogP contribution is 2.28. The number of benzene rings is 2. The molecule has 11 nitrogen and oxygen atoms in total. The number of ether oxygens (including phenoxy) is 1. The number of nitrogens with zero attached hydrogens (tertiary/aromatic N) is 6. The van der Waals surface area contributed by atoms with E-state index >= 15 is 0 Å². The molecule has 0 bridgehead atoms. The van der Waals surface area contributed by atoms with Crippen LogP contribution in [0.1, 0.15) is 16.1 Å². The Hall–Kier alpha value is -4.68. The first-order chi connectivity index (χ1) is 15.5. The van der Waals surface area contributed by atoms with E-state index in [1.807, 2.05) is 0 Å². The summed E-state index contributed by atoms with van der Waals surface area (Å²) in [5.74, 6) is -1.70. The molecule has 2 heterocycles. The number of nitrogen functional groups attached to an aromatic ring is 1. The smallest absolute Gasteiger partial charge is 0.294 e. The summed E-state index contributed by atoms with van der Waals surface area (Å²) in [6.45, 7) is 0. The van der Waals surface area contributed by atoms with Crippen LogP contribution in [0.25, 0.3) is 17.1 Å². The van der Waals surface area contributed by atoms with Gasteiger partial charge in [-0.25, -0.2) is 18.8 Å². The van der Waals surface area contributed by atoms with Gasteiger partial charge in [0.2, 0.25) is 11.6 Å². The van der Waals surface area contributed by atoms with Crippen molar-refractivity contribution in [3.8, 4) is 22.8 Å². The summed E-state index contributed by atoms with van der Waals surface area (Å²) < 4.78 is 38.0. The maximum absolute atomic E-state index is 13.7. The Balaban J connectivity index is 1.71. The Kier molecular flexibility index (Phi) is 5.53. The van der Waals surface area contributed by atoms with Crippen LogP contribution in [0.5, 0.6) is 5.75 Å². The predicted octanol–water partition coefficient (Wildman–Crippen LogP) is 1.95. The molecule has 2 aromatic carbocycles. The summed E-state index contributed by atoms with van der Waals surface area (Å²) >= 11 is 0. The van der Waals surface area contributed by atoms with Crippen molar-refractivity contribution in [1.82, 2.24) is 30.7 Å². The predicted molar refractivity (Wildman–Crippen MR) is 107 cm³/mol. The van der Waals surface area contributed by atoms with Crippen LogP contribution < -0.4 is 15.9 Å². The minimum Gasteiger partial charge on any atom is -0.497 e. The highest BCUT2D eigenvalue weighted by atomic mass is 19.1. The lowest BCUT2D eigenvalue weighted by atomic mass is 10.1. The van der Waals surface area contributed by atoms with Gasteiger partial charge in [-0.05, 0) is 40.6 Å². The Bertz CT molecular complexity index is 1320. The number of hydrazone groups is 1. The number of carbonyl (C=O) groups excluding carboxylic acids is 1. The summed E-state index contributed by atoms with van der Waals surface area (Å²) in [4.78, 5) is 12.8. The maximum Gasteiger partial charge on any atom is 0.294 e. The topological polar surface area (TPSA) is 146 Å². The van der Waals surface area contributed by atoms with Gasteiger partial charge in [0.25, 0.3) is 5.91 Å². The molecule has 0 aliphatic heterocycles. The lowest BCUT2D eigenvalue weighted by Gasteiger charge is -2.07. The zero-order chi connectivity index (χ0) is 22.7. The molecule has 0 unspecified atom stereocenters. The van der Waals surface area contributed by atoms with Crippen LogP contribution in [0, 0.1) is 11.6 Å². The molecule has 0 atom stereocenters. The molecule has 4 rings (SSSR count). The summed E-state index contributed by atoms with van der Waals surface area (Å²) in [7, 11) is 1.49. The van der Waals surface area contributed by atoms with E-state index in [-0.39, 0.29) is 28.6 Å². The number of nitrogens with one attached hydrogen (secondary N) is 1. The summed E-state index contributed by atoms with van der Waals surface area (Å²) in [5, 5.41) is 18.7. The van der Waals surface area contributed by atoms with E-state index in [0.717, 1.165) is 24.4 Å². The molecule has 32 heavy (non-hydrogen) atoms. The molecule has 0 aliphatic rings. The van der Waals surface area contributed by atoms with Gasteiger partial charge in [0.1, 0.15) is 23.1 Å². The highest BCUT2D eigenvalue weighted by Gasteiger charge is 2.25. The zero-order valence-electron chi connectivity index (χ0n) is 16.4. The number of anilines is 1. The largest absolute Gasteiger partial charge is 0.497 e. The first-order valence-electron chi connectivity index (χ1n) is 8.95. The van der Waals surface area contributed by atoms with Crippen molar-refractivity contribution in [3.63, 3.8) is 0 Å². The van der Waals surface area contributed by atoms with Crippen LogP contribution in [0.15, 0.2) is 52.2 Å². The number of hydrogen-bond acceptors (Lipinski definition) is 9. The second kappa shape index (κ2) is 8.59. The number of carbonyl (C=O) groups is 1. The molecule has 0 spiro atoms. The van der Waals surface area contributed by atoms with Crippen molar-refractivity contribution < 1.29 is 22.9 Å². The van der Waals surface area contributed by atoms with E-state index in [1.165, 1.54) is 11.8 Å². The molecule has 0 fully saturated rings. The average Bonchev–Trinajstić information content (AvgIpc) is 3.42. The highest BCUT2D eigenvalue weighted by molar-refractivity contribution is 5.99. The van der Waals surface area contributed by atoms with Gasteiger partial charge >= 0.3 is 0 Å². The third kappa shape index (κ3) is 3.98. The number of nitrogens with two attached hydrogens (primary N) is 1. The number of rotatable bonds is 6. The molecule has 162 valence electrons. The van der Waals surface area contributed by atoms with Crippen LogP contribution in [-0.4, -0.2) is 44.5 Å². The normalized spacial score (nSPS) is 11.1. The van der Waals surface area contributed by atoms with Crippen LogP contribution >= 0.6 is 0 Å². The van der Waals surface area contributed by atoms with Crippen LogP contribution in [0.4, 0.5) is 14.6 Å². The minimum absolute atomic E-state index is 0.0136. The lowest BCUT2D eigenvalue weighted by molar-refractivity contribution is 0.0950. The average molecular weight is 440 g/mol. The summed E-state index contributed by atoms with van der Waals surface area (Å²) in [6.07, 6.45) is 0.964. The fraction of sp³-hybridized carbons (Fsp3) is 0.0526. The van der Waals surface area contributed by atoms with Crippen molar-refractivity contribution in [2.45, 2.75) is 0 Å². The molecule has 1 amide bonds. The van der Waals surface area contributed by atoms with Gasteiger partial charge in [-0.1, -0.05) is 17.3 Å². The molecular formula is C19H14F2N8O3. The molecule has 0 saturated heterocycles. The van der Waals surface area contributed by atoms with Crippen molar-refractivity contribution in [2.75, 3.05) is 12.8 Å². The third-order valence-electron chi connectivity index (χ3n) is 4.25. The standard InChI is InChI=1S/C19H14F2N8O3/c1-31-13-4-2-3-10(8-13)16-15(24-28-29(16)18-17(22)26-32-27-18)19(30)25-23-9-11-7-12(20)5-6-14(11)21/h2-9H,1H3,(H2,22,26)(H,25,30). The molecule has 2 aromatic heterocycles. The van der Waals surface area contributed by atoms with Gasteiger partial charge in [0, 0.05) is 11.1 Å². The number of amides is 1. The fourth-order valence-electron chi connectivity index (χ4n) is 2.78. The number of aromatic nitrogens is 5. The molecule has 13 heteroatoms. The first-order valence-corrected chi connectivity index (χ1v) is 8.95. The molecule has 0 saturated carbocycles. The Morgan fingerprint density at radius 3 is 2.84 bits per heavy atom. The second-order valence-corrected chi connectivity index (χ2v) is 6.27. The van der Waals surface area contributed by atoms with Crippen molar-refractivity contribution in [2.24, 2.45) is 5.10 Å². The minimum atomic E-state index is -0.780. The quantitative estimate of drug-likeness (QED) is 0.342. The van der Waals surface area contributed by atoms with E-state index in [0.29, 0.717) is 11.3 Å². The van der Waals surface area contributed by atoms with Gasteiger partial charge in [0.15, 0.2) is 5.69 Å². The maximum atomic E-state index is 13.7. The molecule has 0 radical (unpaired) electrons. The Morgan fingerprint density at radius 2 is 2.09 bits per heavy atom. The van der Waals surface area contributed by atoms with E-state index in [2.05, 4.69) is 35.8 Å². The molecule has 3 N–H and O–H groups in total. The Labute approximate surface area is 178 Å². The van der Waals surface area contributed by atoms with Gasteiger partial charge < -0.3 is 10.5 Å². The molecule has 0 aliphatic carbocycles. The summed E-state index contributed by atoms with van der Waals surface area (Å²) in [5.41, 5.74) is 8.34. The van der Waals surface area contributed by atoms with E-state index in [4.69, 9.17) is 10.5 Å². The van der Waals surface area contributed by atoms with Crippen LogP contribution in [0.2, 0.25) is 0 Å². The second-order valence-electron chi connectivity index (χ2n) is 6.27. The Morgan fingerprint density at radius 1 is 1.25 bits per heavy atom. The molecular weight excluding hydrogens is 426 g/mol. The van der Waals surface area contributed by atoms with Gasteiger partial charge in [-0.15, -0.1) is 5.10 Å². The van der Waals surface area contributed by atoms with Crippen molar-refractivity contribution in [3.05, 3.63) is 65.4 Å². The first kappa shape index (κ1) is 20.6. The summed E-state index contributed by atoms with van der Waals surface area (Å²) in [6, 6.07) is 9.58. The zero-order valence-corrected chi connectivity index (χ0v) is 16.4. The third-order valence-corrected chi connectivity index (χ3v) is 4.25. The fourth-order valence-corrected chi connectivity index (χ4v) is 2.78. The monoisotopic (exact) mass is 440 g/mol. The molecule has 4 aromatic rings. The van der Waals surface area contributed by atoms with Gasteiger partial charge in [-0.2, -0.15) is 9.78 Å². The number of methoxy groups -OCH3 is 1. The SMILES string of the molecule is COc1cccc(-c2c(C(=O)NN=Cc3cc(F)ccc3F)nnn2-c2nonc2N)c1. The van der Waals surface area contributed by atoms with Crippen molar-refractivity contribution >= 4 is 17.9 Å². The van der Waals surface area contributed by atoms with Crippen molar-refractivity contribution in [1.29, 1.82) is 0 Å². The van der Waals surface area contributed by atoms with E-state index in [9.17, 15) is 13.6 Å². The van der Waals surface area contributed by atoms with Crippen LogP contribution in [-0.2, 0) is 0 Å². The van der Waals surface area contributed by atoms with Gasteiger partial charge in [-0.3, -0.25) is 4.79 Å². The van der Waals surface area contributed by atoms with Crippen LogP contribution in [0.3, 0.4) is 0 Å². The number of halogens is 2. The van der Waals surface area contributed by atoms with E-state index < -0.39 is 17.5 Å². The van der Waals surface area contributed by atoms with Gasteiger partial charge in [0.05, 0.1) is 13.3 Å². The van der Waals surface area contributed by atoms with E-state index in [1.54, 1.807) is 24.3 Å². The number of hydrogen-bond donors (Lipinski definition) is 2. The lowest BCUT2D eigenvalue weighted by Crippen LogP contribution is -2.19.